The molecule has 7 heteroatoms. The lowest BCUT2D eigenvalue weighted by Crippen LogP contribution is -2.37. The van der Waals surface area contributed by atoms with E-state index in [9.17, 15) is 4.39 Å². The number of hydrogen-bond donors (Lipinski definition) is 1. The lowest BCUT2D eigenvalue weighted by atomic mass is 10.1. The van der Waals surface area contributed by atoms with E-state index in [0.29, 0.717) is 6.04 Å². The Bertz CT molecular complexity index is 880. The van der Waals surface area contributed by atoms with Crippen LogP contribution < -0.4 is 5.32 Å². The number of rotatable bonds is 4. The number of aryl methyl sites for hydroxylation is 3. The van der Waals surface area contributed by atoms with Crippen molar-refractivity contribution in [2.45, 2.75) is 38.9 Å². The minimum Gasteiger partial charge on any atom is -0.309 e. The highest BCUT2D eigenvalue weighted by Gasteiger charge is 2.23. The van der Waals surface area contributed by atoms with Gasteiger partial charge in [0.2, 0.25) is 0 Å². The van der Waals surface area contributed by atoms with Crippen molar-refractivity contribution in [2.24, 2.45) is 7.05 Å². The maximum Gasteiger partial charge on any atom is 0.164 e. The normalized spacial score (nSPS) is 16.8. The first-order valence-electron chi connectivity index (χ1n) is 8.50. The number of aromatic nitrogens is 5. The average Bonchev–Trinajstić information content (AvgIpc) is 3.16. The van der Waals surface area contributed by atoms with Crippen LogP contribution >= 0.6 is 0 Å². The van der Waals surface area contributed by atoms with Gasteiger partial charge in [0.1, 0.15) is 11.6 Å². The van der Waals surface area contributed by atoms with Crippen LogP contribution in [0.4, 0.5) is 4.39 Å². The topological polar surface area (TPSA) is 60.6 Å². The Labute approximate surface area is 145 Å². The van der Waals surface area contributed by atoms with E-state index < -0.39 is 0 Å². The van der Waals surface area contributed by atoms with Gasteiger partial charge in [0, 0.05) is 49.9 Å². The molecule has 0 amide bonds. The summed E-state index contributed by atoms with van der Waals surface area (Å²) in [5, 5.41) is 16.6. The molecule has 1 aromatic carbocycles. The second-order valence-corrected chi connectivity index (χ2v) is 6.59. The van der Waals surface area contributed by atoms with Crippen molar-refractivity contribution in [3.8, 4) is 11.4 Å². The van der Waals surface area contributed by atoms with E-state index in [-0.39, 0.29) is 5.82 Å². The first kappa shape index (κ1) is 16.0. The molecule has 0 saturated heterocycles. The lowest BCUT2D eigenvalue weighted by molar-refractivity contribution is 0.380. The Morgan fingerprint density at radius 2 is 2.04 bits per heavy atom. The van der Waals surface area contributed by atoms with E-state index in [0.717, 1.165) is 48.8 Å². The van der Waals surface area contributed by atoms with Gasteiger partial charge in [-0.1, -0.05) is 0 Å². The van der Waals surface area contributed by atoms with Gasteiger partial charge in [-0.15, -0.1) is 10.2 Å². The zero-order valence-corrected chi connectivity index (χ0v) is 14.4. The van der Waals surface area contributed by atoms with Gasteiger partial charge in [-0.2, -0.15) is 5.10 Å². The van der Waals surface area contributed by atoms with Crippen LogP contribution in [0.5, 0.6) is 0 Å². The van der Waals surface area contributed by atoms with E-state index in [1.54, 1.807) is 12.1 Å². The number of nitrogens with one attached hydrogen (secondary N) is 1. The van der Waals surface area contributed by atoms with E-state index in [4.69, 9.17) is 0 Å². The number of hydrogen-bond acceptors (Lipinski definition) is 4. The molecule has 1 N–H and O–H groups in total. The van der Waals surface area contributed by atoms with Crippen molar-refractivity contribution in [1.82, 2.24) is 29.9 Å². The highest BCUT2D eigenvalue weighted by Crippen LogP contribution is 2.23. The average molecular weight is 340 g/mol. The van der Waals surface area contributed by atoms with Crippen molar-refractivity contribution in [1.29, 1.82) is 0 Å². The van der Waals surface area contributed by atoms with Gasteiger partial charge in [0.25, 0.3) is 0 Å². The van der Waals surface area contributed by atoms with Gasteiger partial charge in [0.05, 0.1) is 5.69 Å². The third kappa shape index (κ3) is 3.19. The van der Waals surface area contributed by atoms with E-state index in [1.165, 1.54) is 17.7 Å². The summed E-state index contributed by atoms with van der Waals surface area (Å²) in [6.07, 6.45) is 3.97. The second-order valence-electron chi connectivity index (χ2n) is 6.59. The fourth-order valence-corrected chi connectivity index (χ4v) is 3.38. The molecule has 25 heavy (non-hydrogen) atoms. The second kappa shape index (κ2) is 6.40. The summed E-state index contributed by atoms with van der Waals surface area (Å²) in [6, 6.07) is 6.77. The smallest absolute Gasteiger partial charge is 0.164 e. The predicted octanol–water partition coefficient (Wildman–Crippen LogP) is 2.23. The summed E-state index contributed by atoms with van der Waals surface area (Å²) in [5.74, 6) is 1.56. The van der Waals surface area contributed by atoms with Crippen LogP contribution in [0.1, 0.15) is 23.5 Å². The first-order valence-corrected chi connectivity index (χ1v) is 8.50. The van der Waals surface area contributed by atoms with Gasteiger partial charge in [-0.25, -0.2) is 4.39 Å². The van der Waals surface area contributed by atoms with Crippen LogP contribution in [0, 0.1) is 12.7 Å². The molecular formula is C18H21FN6. The summed E-state index contributed by atoms with van der Waals surface area (Å²) in [7, 11) is 1.94. The van der Waals surface area contributed by atoms with Crippen molar-refractivity contribution in [3.63, 3.8) is 0 Å². The van der Waals surface area contributed by atoms with Crippen LogP contribution in [-0.4, -0.2) is 30.6 Å². The summed E-state index contributed by atoms with van der Waals surface area (Å²) in [4.78, 5) is 0. The Kier molecular flexibility index (Phi) is 4.09. The summed E-state index contributed by atoms with van der Waals surface area (Å²) in [6.45, 7) is 3.64. The van der Waals surface area contributed by atoms with E-state index >= 15 is 0 Å². The zero-order chi connectivity index (χ0) is 17.4. The minimum absolute atomic E-state index is 0.242. The Morgan fingerprint density at radius 1 is 1.24 bits per heavy atom. The standard InChI is InChI=1S/C18H21FN6/c1-12-14(10-24(2)23-12)9-20-16-7-8-17-21-22-18(25(17)11-16)13-3-5-15(19)6-4-13/h3-6,10,16,20H,7-9,11H2,1-2H3. The van der Waals surface area contributed by atoms with Crippen LogP contribution in [-0.2, 0) is 26.6 Å². The van der Waals surface area contributed by atoms with Crippen molar-refractivity contribution >= 4 is 0 Å². The Balaban J connectivity index is 1.49. The molecule has 0 saturated carbocycles. The third-order valence-electron chi connectivity index (χ3n) is 4.75. The molecule has 3 heterocycles. The molecule has 0 aliphatic carbocycles. The number of nitrogens with zero attached hydrogens (tertiary/aromatic N) is 5. The molecule has 0 bridgehead atoms. The molecule has 4 rings (SSSR count). The van der Waals surface area contributed by atoms with Gasteiger partial charge < -0.3 is 9.88 Å². The van der Waals surface area contributed by atoms with Crippen LogP contribution in [0.2, 0.25) is 0 Å². The van der Waals surface area contributed by atoms with Gasteiger partial charge in [-0.3, -0.25) is 4.68 Å². The zero-order valence-electron chi connectivity index (χ0n) is 14.4. The molecule has 0 fully saturated rings. The molecule has 2 aromatic heterocycles. The largest absolute Gasteiger partial charge is 0.309 e. The molecule has 1 atom stereocenters. The van der Waals surface area contributed by atoms with Crippen molar-refractivity contribution in [2.75, 3.05) is 0 Å². The molecular weight excluding hydrogens is 319 g/mol. The number of halogens is 1. The third-order valence-corrected chi connectivity index (χ3v) is 4.75. The predicted molar refractivity (Wildman–Crippen MR) is 92.3 cm³/mol. The molecule has 130 valence electrons. The molecule has 6 nitrogen and oxygen atoms in total. The SMILES string of the molecule is Cc1nn(C)cc1CNC1CCc2nnc(-c3ccc(F)cc3)n2C1. The fraction of sp³-hybridized carbons (Fsp3) is 0.389. The van der Waals surface area contributed by atoms with Gasteiger partial charge in [-0.05, 0) is 37.6 Å². The maximum atomic E-state index is 13.2. The summed E-state index contributed by atoms with van der Waals surface area (Å²) < 4.78 is 17.2. The van der Waals surface area contributed by atoms with Gasteiger partial charge >= 0.3 is 0 Å². The molecule has 0 spiro atoms. The van der Waals surface area contributed by atoms with E-state index in [2.05, 4.69) is 31.4 Å². The highest BCUT2D eigenvalue weighted by molar-refractivity contribution is 5.55. The first-order chi connectivity index (χ1) is 12.1. The minimum atomic E-state index is -0.242. The van der Waals surface area contributed by atoms with Crippen LogP contribution in [0.3, 0.4) is 0 Å². The Morgan fingerprint density at radius 3 is 2.76 bits per heavy atom. The van der Waals surface area contributed by atoms with Crippen LogP contribution in [0.15, 0.2) is 30.5 Å². The summed E-state index contributed by atoms with van der Waals surface area (Å²) >= 11 is 0. The molecule has 3 aromatic rings. The van der Waals surface area contributed by atoms with Crippen LogP contribution in [0.25, 0.3) is 11.4 Å². The summed E-state index contributed by atoms with van der Waals surface area (Å²) in [5.41, 5.74) is 3.17. The molecule has 1 unspecified atom stereocenters. The molecule has 1 aliphatic rings. The number of benzene rings is 1. The maximum absolute atomic E-state index is 13.2. The van der Waals surface area contributed by atoms with E-state index in [1.807, 2.05) is 18.7 Å². The fourth-order valence-electron chi connectivity index (χ4n) is 3.38. The Hall–Kier alpha value is -2.54. The van der Waals surface area contributed by atoms with Gasteiger partial charge in [0.15, 0.2) is 5.82 Å². The molecule has 0 radical (unpaired) electrons. The van der Waals surface area contributed by atoms with Crippen molar-refractivity contribution < 1.29 is 4.39 Å². The lowest BCUT2D eigenvalue weighted by Gasteiger charge is -2.25. The number of fused-ring (bicyclic) bond motifs is 1. The molecule has 1 aliphatic heterocycles. The highest BCUT2D eigenvalue weighted by atomic mass is 19.1. The monoisotopic (exact) mass is 340 g/mol. The quantitative estimate of drug-likeness (QED) is 0.791. The van der Waals surface area contributed by atoms with Crippen molar-refractivity contribution in [3.05, 3.63) is 53.4 Å².